The van der Waals surface area contributed by atoms with Gasteiger partial charge in [0, 0.05) is 34.9 Å². The van der Waals surface area contributed by atoms with Crippen LogP contribution in [0.1, 0.15) is 17.3 Å². The lowest BCUT2D eigenvalue weighted by Gasteiger charge is -2.28. The van der Waals surface area contributed by atoms with Crippen LogP contribution in [0.4, 0.5) is 17.1 Å². The molecule has 6 nitrogen and oxygen atoms in total. The van der Waals surface area contributed by atoms with Gasteiger partial charge in [-0.1, -0.05) is 0 Å². The maximum atomic E-state index is 12.6. The third-order valence-corrected chi connectivity index (χ3v) is 5.85. The average molecular weight is 383 g/mol. The van der Waals surface area contributed by atoms with Crippen molar-refractivity contribution in [1.82, 2.24) is 0 Å². The van der Waals surface area contributed by atoms with Crippen molar-refractivity contribution in [2.24, 2.45) is 0 Å². The number of rotatable bonds is 3. The average Bonchev–Trinajstić information content (AvgIpc) is 2.70. The highest BCUT2D eigenvalue weighted by Gasteiger charge is 2.23. The molecule has 2 amide bonds. The van der Waals surface area contributed by atoms with E-state index in [2.05, 4.69) is 15.5 Å². The van der Waals surface area contributed by atoms with E-state index in [-0.39, 0.29) is 17.1 Å². The Kier molecular flexibility index (Phi) is 5.05. The summed E-state index contributed by atoms with van der Waals surface area (Å²) in [6, 6.07) is 13.2. The lowest BCUT2D eigenvalue weighted by Crippen LogP contribution is -2.36. The highest BCUT2D eigenvalue weighted by molar-refractivity contribution is 8.00. The van der Waals surface area contributed by atoms with E-state index in [4.69, 9.17) is 4.74 Å². The molecule has 0 aromatic heterocycles. The molecule has 7 heteroatoms. The first-order chi connectivity index (χ1) is 13.1. The van der Waals surface area contributed by atoms with Gasteiger partial charge in [-0.25, -0.2) is 0 Å². The number of carbonyl (C=O) groups is 2. The molecule has 2 N–H and O–H groups in total. The van der Waals surface area contributed by atoms with Crippen molar-refractivity contribution in [3.05, 3.63) is 48.0 Å². The number of anilines is 3. The molecule has 0 bridgehead atoms. The zero-order valence-corrected chi connectivity index (χ0v) is 15.8. The molecule has 1 atom stereocenters. The second kappa shape index (κ2) is 7.62. The molecule has 27 heavy (non-hydrogen) atoms. The summed E-state index contributed by atoms with van der Waals surface area (Å²) in [6.45, 7) is 5.10. The molecule has 2 aromatic carbocycles. The molecule has 4 rings (SSSR count). The molecule has 0 radical (unpaired) electrons. The zero-order valence-electron chi connectivity index (χ0n) is 15.0. The van der Waals surface area contributed by atoms with Gasteiger partial charge < -0.3 is 20.3 Å². The van der Waals surface area contributed by atoms with Crippen molar-refractivity contribution in [2.45, 2.75) is 17.1 Å². The summed E-state index contributed by atoms with van der Waals surface area (Å²) in [6.07, 6.45) is 0. The molecule has 140 valence electrons. The van der Waals surface area contributed by atoms with Crippen LogP contribution in [0.2, 0.25) is 0 Å². The fraction of sp³-hybridized carbons (Fsp3) is 0.300. The van der Waals surface area contributed by atoms with E-state index in [0.29, 0.717) is 11.3 Å². The van der Waals surface area contributed by atoms with Gasteiger partial charge in [-0.2, -0.15) is 0 Å². The van der Waals surface area contributed by atoms with Crippen LogP contribution >= 0.6 is 11.8 Å². The van der Waals surface area contributed by atoms with Gasteiger partial charge in [-0.05, 0) is 49.4 Å². The Bertz CT molecular complexity index is 863. The smallest absolute Gasteiger partial charge is 0.255 e. The second-order valence-electron chi connectivity index (χ2n) is 6.56. The topological polar surface area (TPSA) is 70.7 Å². The molecule has 2 aromatic rings. The van der Waals surface area contributed by atoms with E-state index in [0.717, 1.165) is 42.6 Å². The minimum atomic E-state index is -0.199. The van der Waals surface area contributed by atoms with E-state index >= 15 is 0 Å². The van der Waals surface area contributed by atoms with E-state index < -0.39 is 0 Å². The summed E-state index contributed by atoms with van der Waals surface area (Å²) in [5, 5.41) is 5.65. The van der Waals surface area contributed by atoms with Crippen LogP contribution in [0.5, 0.6) is 0 Å². The number of hydrogen-bond donors (Lipinski definition) is 2. The SMILES string of the molecule is CC1Sc2ccc(C(=O)Nc3ccc(N4CCOCC4)cc3)cc2NC1=O. The number of carbonyl (C=O) groups excluding carboxylic acids is 2. The number of morpholine rings is 1. The summed E-state index contributed by atoms with van der Waals surface area (Å²) in [5.41, 5.74) is 3.07. The molecule has 2 aliphatic rings. The van der Waals surface area contributed by atoms with Crippen molar-refractivity contribution >= 4 is 40.6 Å². The Labute approximate surface area is 162 Å². The Hall–Kier alpha value is -2.51. The van der Waals surface area contributed by atoms with Crippen LogP contribution in [0.15, 0.2) is 47.4 Å². The van der Waals surface area contributed by atoms with Crippen LogP contribution < -0.4 is 15.5 Å². The van der Waals surface area contributed by atoms with Crippen LogP contribution in [-0.2, 0) is 9.53 Å². The molecule has 2 aliphatic heterocycles. The van der Waals surface area contributed by atoms with Gasteiger partial charge in [0.2, 0.25) is 5.91 Å². The van der Waals surface area contributed by atoms with E-state index in [9.17, 15) is 9.59 Å². The Morgan fingerprint density at radius 2 is 1.93 bits per heavy atom. The number of ether oxygens (including phenoxy) is 1. The van der Waals surface area contributed by atoms with Crippen LogP contribution in [-0.4, -0.2) is 43.4 Å². The van der Waals surface area contributed by atoms with Crippen molar-refractivity contribution in [3.63, 3.8) is 0 Å². The summed E-state index contributed by atoms with van der Waals surface area (Å²) in [7, 11) is 0. The third-order valence-electron chi connectivity index (χ3n) is 4.67. The second-order valence-corrected chi connectivity index (χ2v) is 7.94. The van der Waals surface area contributed by atoms with Crippen LogP contribution in [0, 0.1) is 0 Å². The van der Waals surface area contributed by atoms with Crippen molar-refractivity contribution in [1.29, 1.82) is 0 Å². The van der Waals surface area contributed by atoms with E-state index in [1.807, 2.05) is 37.3 Å². The molecule has 2 heterocycles. The first-order valence-electron chi connectivity index (χ1n) is 8.96. The van der Waals surface area contributed by atoms with E-state index in [1.54, 1.807) is 12.1 Å². The quantitative estimate of drug-likeness (QED) is 0.852. The monoisotopic (exact) mass is 383 g/mol. The maximum absolute atomic E-state index is 12.6. The van der Waals surface area contributed by atoms with Crippen LogP contribution in [0.25, 0.3) is 0 Å². The summed E-state index contributed by atoms with van der Waals surface area (Å²) in [5.74, 6) is -0.237. The van der Waals surface area contributed by atoms with Gasteiger partial charge in [0.1, 0.15) is 0 Å². The molecule has 1 fully saturated rings. The number of thioether (sulfide) groups is 1. The predicted molar refractivity (Wildman–Crippen MR) is 108 cm³/mol. The summed E-state index contributed by atoms with van der Waals surface area (Å²) >= 11 is 1.50. The number of fused-ring (bicyclic) bond motifs is 1. The molecule has 0 spiro atoms. The molecular formula is C20H21N3O3S. The minimum absolute atomic E-state index is 0.0382. The van der Waals surface area contributed by atoms with Crippen molar-refractivity contribution < 1.29 is 14.3 Å². The third kappa shape index (κ3) is 3.94. The Balaban J connectivity index is 1.44. The molecule has 1 saturated heterocycles. The fourth-order valence-corrected chi connectivity index (χ4v) is 4.06. The normalized spacial score (nSPS) is 19.2. The van der Waals surface area contributed by atoms with Gasteiger partial charge >= 0.3 is 0 Å². The highest BCUT2D eigenvalue weighted by Crippen LogP contribution is 2.36. The lowest BCUT2D eigenvalue weighted by atomic mass is 10.1. The first-order valence-corrected chi connectivity index (χ1v) is 9.84. The van der Waals surface area contributed by atoms with Crippen molar-refractivity contribution in [3.8, 4) is 0 Å². The van der Waals surface area contributed by atoms with Gasteiger partial charge in [-0.15, -0.1) is 11.8 Å². The number of hydrogen-bond acceptors (Lipinski definition) is 5. The maximum Gasteiger partial charge on any atom is 0.255 e. The number of amides is 2. The number of nitrogens with one attached hydrogen (secondary N) is 2. The summed E-state index contributed by atoms with van der Waals surface area (Å²) < 4.78 is 5.37. The zero-order chi connectivity index (χ0) is 18.8. The van der Waals surface area contributed by atoms with Gasteiger partial charge in [0.05, 0.1) is 24.2 Å². The molecule has 0 saturated carbocycles. The Morgan fingerprint density at radius 3 is 2.67 bits per heavy atom. The molecule has 1 unspecified atom stereocenters. The van der Waals surface area contributed by atoms with E-state index in [1.165, 1.54) is 11.8 Å². The van der Waals surface area contributed by atoms with Gasteiger partial charge in [-0.3, -0.25) is 9.59 Å². The predicted octanol–water partition coefficient (Wildman–Crippen LogP) is 3.21. The van der Waals surface area contributed by atoms with Gasteiger partial charge in [0.15, 0.2) is 0 Å². The highest BCUT2D eigenvalue weighted by atomic mass is 32.2. The number of nitrogens with zero attached hydrogens (tertiary/aromatic N) is 1. The summed E-state index contributed by atoms with van der Waals surface area (Å²) in [4.78, 5) is 27.7. The van der Waals surface area contributed by atoms with Crippen molar-refractivity contribution in [2.75, 3.05) is 41.8 Å². The van der Waals surface area contributed by atoms with Crippen LogP contribution in [0.3, 0.4) is 0 Å². The molecule has 0 aliphatic carbocycles. The largest absolute Gasteiger partial charge is 0.378 e. The standard InChI is InChI=1S/C20H21N3O3S/c1-13-19(24)22-17-12-14(2-7-18(17)27-13)20(25)21-15-3-5-16(6-4-15)23-8-10-26-11-9-23/h2-7,12-13H,8-11H2,1H3,(H,21,25)(H,22,24). The minimum Gasteiger partial charge on any atom is -0.378 e. The molecular weight excluding hydrogens is 362 g/mol. The number of benzene rings is 2. The Morgan fingerprint density at radius 1 is 1.19 bits per heavy atom. The fourth-order valence-electron chi connectivity index (χ4n) is 3.13. The first kappa shape index (κ1) is 17.9. The van der Waals surface area contributed by atoms with Gasteiger partial charge in [0.25, 0.3) is 5.91 Å². The lowest BCUT2D eigenvalue weighted by molar-refractivity contribution is -0.115.